The highest BCUT2D eigenvalue weighted by Gasteiger charge is 2.14. The Morgan fingerprint density at radius 3 is 2.71 bits per heavy atom. The van der Waals surface area contributed by atoms with Gasteiger partial charge in [0, 0.05) is 12.0 Å². The van der Waals surface area contributed by atoms with Gasteiger partial charge in [-0.3, -0.25) is 4.79 Å². The van der Waals surface area contributed by atoms with Gasteiger partial charge in [-0.25, -0.2) is 9.97 Å². The van der Waals surface area contributed by atoms with Crippen molar-refractivity contribution in [1.82, 2.24) is 9.97 Å². The molecule has 94 valence electrons. The normalized spacial score (nSPS) is 12.2. The number of amides is 1. The maximum absolute atomic E-state index is 11.0. The Balaban J connectivity index is 3.00. The summed E-state index contributed by atoms with van der Waals surface area (Å²) in [6, 6.07) is -0.492. The van der Waals surface area contributed by atoms with E-state index in [1.165, 1.54) is 0 Å². The van der Waals surface area contributed by atoms with Crippen LogP contribution in [0.25, 0.3) is 0 Å². The third-order valence-corrected chi connectivity index (χ3v) is 2.75. The van der Waals surface area contributed by atoms with Crippen LogP contribution < -0.4 is 11.1 Å². The second-order valence-electron chi connectivity index (χ2n) is 3.92. The Labute approximate surface area is 106 Å². The van der Waals surface area contributed by atoms with Crippen LogP contribution in [0.4, 0.5) is 5.82 Å². The second kappa shape index (κ2) is 5.82. The summed E-state index contributed by atoms with van der Waals surface area (Å²) < 4.78 is 0. The molecule has 0 aliphatic rings. The zero-order chi connectivity index (χ0) is 13.0. The molecule has 6 heteroatoms. The Bertz CT molecular complexity index is 422. The minimum atomic E-state index is -0.492. The van der Waals surface area contributed by atoms with Gasteiger partial charge in [-0.1, -0.05) is 18.5 Å². The van der Waals surface area contributed by atoms with E-state index in [1.54, 1.807) is 13.8 Å². The number of carbonyl (C=O) groups excluding carboxylic acids is 1. The summed E-state index contributed by atoms with van der Waals surface area (Å²) >= 11 is 6.01. The van der Waals surface area contributed by atoms with Crippen LogP contribution in [0.5, 0.6) is 0 Å². The maximum Gasteiger partial charge on any atom is 0.239 e. The number of nitrogens with one attached hydrogen (secondary N) is 1. The number of nitrogens with two attached hydrogens (primary N) is 1. The number of rotatable bonds is 5. The molecule has 0 aromatic carbocycles. The van der Waals surface area contributed by atoms with E-state index < -0.39 is 11.9 Å². The van der Waals surface area contributed by atoms with Gasteiger partial charge in [0.25, 0.3) is 0 Å². The van der Waals surface area contributed by atoms with Gasteiger partial charge in [0.2, 0.25) is 5.91 Å². The molecule has 0 bridgehead atoms. The van der Waals surface area contributed by atoms with Crippen molar-refractivity contribution in [2.75, 3.05) is 5.32 Å². The molecule has 0 saturated carbocycles. The van der Waals surface area contributed by atoms with Crippen molar-refractivity contribution in [2.45, 2.75) is 39.7 Å². The van der Waals surface area contributed by atoms with Gasteiger partial charge in [0.05, 0.1) is 0 Å². The number of hydrogen-bond acceptors (Lipinski definition) is 4. The van der Waals surface area contributed by atoms with Crippen molar-refractivity contribution < 1.29 is 4.79 Å². The Kier molecular flexibility index (Phi) is 4.69. The number of anilines is 1. The Morgan fingerprint density at radius 2 is 2.18 bits per heavy atom. The molecule has 1 unspecified atom stereocenters. The van der Waals surface area contributed by atoms with E-state index in [4.69, 9.17) is 17.3 Å². The third kappa shape index (κ3) is 3.56. The van der Waals surface area contributed by atoms with Gasteiger partial charge in [0.15, 0.2) is 0 Å². The lowest BCUT2D eigenvalue weighted by Crippen LogP contribution is -2.33. The summed E-state index contributed by atoms with van der Waals surface area (Å²) in [4.78, 5) is 19.5. The summed E-state index contributed by atoms with van der Waals surface area (Å²) in [5.41, 5.74) is 5.91. The quantitative estimate of drug-likeness (QED) is 0.786. The summed E-state index contributed by atoms with van der Waals surface area (Å²) in [7, 11) is 0. The van der Waals surface area contributed by atoms with Crippen LogP contribution in [-0.4, -0.2) is 21.9 Å². The second-order valence-corrected chi connectivity index (χ2v) is 4.28. The van der Waals surface area contributed by atoms with Gasteiger partial charge >= 0.3 is 0 Å². The van der Waals surface area contributed by atoms with Crippen molar-refractivity contribution in [3.63, 3.8) is 0 Å². The molecule has 1 aromatic heterocycles. The summed E-state index contributed by atoms with van der Waals surface area (Å²) in [5.74, 6) is 0.804. The van der Waals surface area contributed by atoms with Crippen LogP contribution in [0.3, 0.4) is 0 Å². The average molecular weight is 257 g/mol. The van der Waals surface area contributed by atoms with E-state index in [2.05, 4.69) is 15.3 Å². The molecule has 0 aliphatic heterocycles. The van der Waals surface area contributed by atoms with Crippen molar-refractivity contribution in [3.8, 4) is 0 Å². The number of halogens is 1. The van der Waals surface area contributed by atoms with Gasteiger partial charge in [-0.2, -0.15) is 0 Å². The fourth-order valence-electron chi connectivity index (χ4n) is 1.28. The molecule has 0 saturated heterocycles. The molecule has 1 amide bonds. The van der Waals surface area contributed by atoms with Gasteiger partial charge in [0.1, 0.15) is 22.8 Å². The minimum Gasteiger partial charge on any atom is -0.368 e. The van der Waals surface area contributed by atoms with Crippen molar-refractivity contribution in [3.05, 3.63) is 16.5 Å². The summed E-state index contributed by atoms with van der Waals surface area (Å²) in [6.07, 6.45) is 1.68. The number of nitrogens with zero attached hydrogens (tertiary/aromatic N) is 2. The Hall–Kier alpha value is -1.36. The lowest BCUT2D eigenvalue weighted by molar-refractivity contribution is -0.118. The van der Waals surface area contributed by atoms with Gasteiger partial charge < -0.3 is 11.1 Å². The van der Waals surface area contributed by atoms with Gasteiger partial charge in [-0.15, -0.1) is 0 Å². The van der Waals surface area contributed by atoms with Crippen LogP contribution >= 0.6 is 11.6 Å². The molecule has 17 heavy (non-hydrogen) atoms. The van der Waals surface area contributed by atoms with E-state index >= 15 is 0 Å². The van der Waals surface area contributed by atoms with Crippen molar-refractivity contribution in [1.29, 1.82) is 0 Å². The average Bonchev–Trinajstić information content (AvgIpc) is 2.25. The topological polar surface area (TPSA) is 80.9 Å². The number of carbonyl (C=O) groups is 1. The molecule has 0 spiro atoms. The highest BCUT2D eigenvalue weighted by Crippen LogP contribution is 2.20. The first kappa shape index (κ1) is 13.7. The Morgan fingerprint density at radius 1 is 1.53 bits per heavy atom. The van der Waals surface area contributed by atoms with Crippen LogP contribution in [0, 0.1) is 6.92 Å². The third-order valence-electron chi connectivity index (χ3n) is 2.39. The van der Waals surface area contributed by atoms with E-state index in [-0.39, 0.29) is 0 Å². The number of hydrogen-bond donors (Lipinski definition) is 2. The molecule has 1 aromatic rings. The van der Waals surface area contributed by atoms with E-state index in [1.807, 2.05) is 6.92 Å². The first-order valence-corrected chi connectivity index (χ1v) is 5.92. The number of aromatic nitrogens is 2. The highest BCUT2D eigenvalue weighted by atomic mass is 35.5. The molecule has 5 nitrogen and oxygen atoms in total. The van der Waals surface area contributed by atoms with E-state index in [0.717, 1.165) is 18.4 Å². The fraction of sp³-hybridized carbons (Fsp3) is 0.545. The zero-order valence-electron chi connectivity index (χ0n) is 10.2. The largest absolute Gasteiger partial charge is 0.368 e. The van der Waals surface area contributed by atoms with Crippen molar-refractivity contribution >= 4 is 23.3 Å². The molecular weight excluding hydrogens is 240 g/mol. The van der Waals surface area contributed by atoms with Crippen LogP contribution in [-0.2, 0) is 11.2 Å². The fourth-order valence-corrected chi connectivity index (χ4v) is 1.47. The van der Waals surface area contributed by atoms with E-state index in [9.17, 15) is 4.79 Å². The molecule has 3 N–H and O–H groups in total. The van der Waals surface area contributed by atoms with Crippen LogP contribution in [0.1, 0.15) is 31.7 Å². The summed E-state index contributed by atoms with van der Waals surface area (Å²) in [5, 5.41) is 3.34. The van der Waals surface area contributed by atoms with E-state index in [0.29, 0.717) is 16.8 Å². The monoisotopic (exact) mass is 256 g/mol. The smallest absolute Gasteiger partial charge is 0.239 e. The maximum atomic E-state index is 11.0. The predicted octanol–water partition coefficient (Wildman–Crippen LogP) is 1.68. The molecular formula is C11H17ClN4O. The van der Waals surface area contributed by atoms with Crippen molar-refractivity contribution in [2.24, 2.45) is 5.73 Å². The SMILES string of the molecule is CCCc1nc(Cl)c(C)c(NC(C)C(N)=O)n1. The zero-order valence-corrected chi connectivity index (χ0v) is 11.0. The lowest BCUT2D eigenvalue weighted by atomic mass is 10.2. The summed E-state index contributed by atoms with van der Waals surface area (Å²) in [6.45, 7) is 5.52. The highest BCUT2D eigenvalue weighted by molar-refractivity contribution is 6.30. The lowest BCUT2D eigenvalue weighted by Gasteiger charge is -2.14. The van der Waals surface area contributed by atoms with Crippen LogP contribution in [0.15, 0.2) is 0 Å². The first-order valence-electron chi connectivity index (χ1n) is 5.54. The van der Waals surface area contributed by atoms with Crippen LogP contribution in [0.2, 0.25) is 5.15 Å². The molecule has 0 aliphatic carbocycles. The number of aryl methyl sites for hydroxylation is 1. The molecule has 1 heterocycles. The molecule has 0 fully saturated rings. The van der Waals surface area contributed by atoms with Gasteiger partial charge in [-0.05, 0) is 20.3 Å². The predicted molar refractivity (Wildman–Crippen MR) is 68.1 cm³/mol. The number of primary amides is 1. The molecule has 0 radical (unpaired) electrons. The molecule has 1 rings (SSSR count). The molecule has 1 atom stereocenters. The first-order chi connectivity index (χ1) is 7.95. The minimum absolute atomic E-state index is 0.405. The standard InChI is InChI=1S/C11H17ClN4O/c1-4-5-8-15-9(12)6(2)11(16-8)14-7(3)10(13)17/h7H,4-5H2,1-3H3,(H2,13,17)(H,14,15,16).